The molecule has 0 amide bonds. The molecule has 1 aromatic carbocycles. The molecule has 6 nitrogen and oxygen atoms in total. The number of hydrogen-bond donors (Lipinski definition) is 1. The van der Waals surface area contributed by atoms with Gasteiger partial charge in [-0.05, 0) is 55.8 Å². The van der Waals surface area contributed by atoms with Crippen LogP contribution in [0.15, 0.2) is 24.3 Å². The van der Waals surface area contributed by atoms with Crippen LogP contribution >= 0.6 is 0 Å². The lowest BCUT2D eigenvalue weighted by molar-refractivity contribution is -0.143. The van der Waals surface area contributed by atoms with Crippen LogP contribution in [0.1, 0.15) is 43.4 Å². The van der Waals surface area contributed by atoms with E-state index in [1.54, 1.807) is 6.92 Å². The number of nitrogens with zero attached hydrogens (tertiary/aromatic N) is 1. The van der Waals surface area contributed by atoms with E-state index in [4.69, 9.17) is 4.74 Å². The van der Waals surface area contributed by atoms with Gasteiger partial charge in [0.05, 0.1) is 18.9 Å². The Hall–Kier alpha value is -1.44. The molecule has 1 spiro atoms. The monoisotopic (exact) mass is 366 g/mol. The summed E-state index contributed by atoms with van der Waals surface area (Å²) in [7, 11) is -3.54. The van der Waals surface area contributed by atoms with Crippen LogP contribution in [0.5, 0.6) is 0 Å². The standard InChI is InChI=1S/C18H26N2O4S/c1-3-24-17(21)13-20(25(2,22)23)16-12-18(8-10-19-11-9-18)15-7-5-4-6-14(15)16/h4-7,16,19H,3,8-13H2,1-2H3. The van der Waals surface area contributed by atoms with Crippen LogP contribution in [-0.2, 0) is 25.0 Å². The largest absolute Gasteiger partial charge is 0.465 e. The van der Waals surface area contributed by atoms with Crippen LogP contribution in [0.2, 0.25) is 0 Å². The topological polar surface area (TPSA) is 75.7 Å². The van der Waals surface area contributed by atoms with E-state index in [-0.39, 0.29) is 24.6 Å². The van der Waals surface area contributed by atoms with Gasteiger partial charge in [-0.15, -0.1) is 0 Å². The third-order valence-electron chi connectivity index (χ3n) is 5.40. The van der Waals surface area contributed by atoms with E-state index >= 15 is 0 Å². The van der Waals surface area contributed by atoms with Crippen molar-refractivity contribution in [1.82, 2.24) is 9.62 Å². The summed E-state index contributed by atoms with van der Waals surface area (Å²) in [6.07, 6.45) is 3.86. The minimum atomic E-state index is -3.54. The summed E-state index contributed by atoms with van der Waals surface area (Å²) in [4.78, 5) is 12.0. The Morgan fingerprint density at radius 3 is 2.64 bits per heavy atom. The number of nitrogens with one attached hydrogen (secondary N) is 1. The number of fused-ring (bicyclic) bond motifs is 2. The van der Waals surface area contributed by atoms with Crippen molar-refractivity contribution in [3.63, 3.8) is 0 Å². The smallest absolute Gasteiger partial charge is 0.321 e. The van der Waals surface area contributed by atoms with E-state index in [0.29, 0.717) is 0 Å². The van der Waals surface area contributed by atoms with Crippen molar-refractivity contribution in [3.05, 3.63) is 35.4 Å². The van der Waals surface area contributed by atoms with Crippen LogP contribution in [0, 0.1) is 0 Å². The molecule has 1 aromatic rings. The van der Waals surface area contributed by atoms with E-state index in [2.05, 4.69) is 11.4 Å². The Kier molecular flexibility index (Phi) is 5.18. The molecule has 1 aliphatic heterocycles. The number of carbonyl (C=O) groups is 1. The predicted octanol–water partition coefficient (Wildman–Crippen LogP) is 1.58. The van der Waals surface area contributed by atoms with Gasteiger partial charge in [-0.2, -0.15) is 4.31 Å². The molecule has 0 aromatic heterocycles. The summed E-state index contributed by atoms with van der Waals surface area (Å²) < 4.78 is 31.2. The summed E-state index contributed by atoms with van der Waals surface area (Å²) in [5, 5.41) is 3.38. The summed E-state index contributed by atoms with van der Waals surface area (Å²) in [6, 6.07) is 7.76. The fourth-order valence-corrected chi connectivity index (χ4v) is 5.28. The average molecular weight is 366 g/mol. The van der Waals surface area contributed by atoms with Gasteiger partial charge in [-0.3, -0.25) is 4.79 Å². The molecule has 3 rings (SSSR count). The highest BCUT2D eigenvalue weighted by atomic mass is 32.2. The highest BCUT2D eigenvalue weighted by Gasteiger charge is 2.47. The van der Waals surface area contributed by atoms with Gasteiger partial charge in [-0.25, -0.2) is 8.42 Å². The van der Waals surface area contributed by atoms with E-state index < -0.39 is 16.0 Å². The van der Waals surface area contributed by atoms with Gasteiger partial charge in [0.1, 0.15) is 6.54 Å². The number of ether oxygens (including phenoxy) is 1. The molecule has 7 heteroatoms. The van der Waals surface area contributed by atoms with Crippen LogP contribution in [0.4, 0.5) is 0 Å². The SMILES string of the molecule is CCOC(=O)CN(C1CC2(CCNCC2)c2ccccc21)S(C)(=O)=O. The van der Waals surface area contributed by atoms with Crippen LogP contribution < -0.4 is 5.32 Å². The third kappa shape index (κ3) is 3.59. The zero-order chi connectivity index (χ0) is 18.1. The minimum Gasteiger partial charge on any atom is -0.465 e. The Morgan fingerprint density at radius 1 is 1.32 bits per heavy atom. The first kappa shape index (κ1) is 18.4. The normalized spacial score (nSPS) is 22.1. The molecule has 25 heavy (non-hydrogen) atoms. The number of piperidine rings is 1. The molecule has 1 aliphatic carbocycles. The Bertz CT molecular complexity index is 741. The second-order valence-corrected chi connectivity index (χ2v) is 8.89. The first-order valence-electron chi connectivity index (χ1n) is 8.80. The zero-order valence-electron chi connectivity index (χ0n) is 14.8. The molecule has 0 bridgehead atoms. The van der Waals surface area contributed by atoms with Gasteiger partial charge in [-0.1, -0.05) is 24.3 Å². The highest BCUT2D eigenvalue weighted by Crippen LogP contribution is 2.52. The summed E-state index contributed by atoms with van der Waals surface area (Å²) in [6.45, 7) is 3.58. The summed E-state index contributed by atoms with van der Waals surface area (Å²) in [5.41, 5.74) is 2.25. The van der Waals surface area contributed by atoms with Gasteiger partial charge in [0.25, 0.3) is 0 Å². The van der Waals surface area contributed by atoms with Gasteiger partial charge >= 0.3 is 5.97 Å². The van der Waals surface area contributed by atoms with Crippen molar-refractivity contribution < 1.29 is 17.9 Å². The molecular weight excluding hydrogens is 340 g/mol. The molecule has 1 fully saturated rings. The Labute approximate surface area is 149 Å². The van der Waals surface area contributed by atoms with Crippen LogP contribution in [-0.4, -0.2) is 51.2 Å². The van der Waals surface area contributed by atoms with Gasteiger partial charge in [0, 0.05) is 0 Å². The Balaban J connectivity index is 1.98. The third-order valence-corrected chi connectivity index (χ3v) is 6.64. The first-order valence-corrected chi connectivity index (χ1v) is 10.6. The zero-order valence-corrected chi connectivity index (χ0v) is 15.6. The molecular formula is C18H26N2O4S. The number of rotatable bonds is 5. The fraction of sp³-hybridized carbons (Fsp3) is 0.611. The summed E-state index contributed by atoms with van der Waals surface area (Å²) >= 11 is 0. The maximum Gasteiger partial charge on any atom is 0.321 e. The second-order valence-electron chi connectivity index (χ2n) is 6.95. The van der Waals surface area contributed by atoms with E-state index in [0.717, 1.165) is 37.9 Å². The maximum atomic E-state index is 12.4. The molecule has 1 saturated heterocycles. The van der Waals surface area contributed by atoms with Gasteiger partial charge < -0.3 is 10.1 Å². The van der Waals surface area contributed by atoms with Crippen molar-refractivity contribution in [2.45, 2.75) is 37.6 Å². The highest BCUT2D eigenvalue weighted by molar-refractivity contribution is 7.88. The van der Waals surface area contributed by atoms with Crippen LogP contribution in [0.3, 0.4) is 0 Å². The molecule has 1 unspecified atom stereocenters. The molecule has 0 saturated carbocycles. The Morgan fingerprint density at radius 2 is 2.00 bits per heavy atom. The van der Waals surface area contributed by atoms with E-state index in [9.17, 15) is 13.2 Å². The maximum absolute atomic E-state index is 12.4. The average Bonchev–Trinajstić information content (AvgIpc) is 2.87. The van der Waals surface area contributed by atoms with Crippen molar-refractivity contribution >= 4 is 16.0 Å². The molecule has 1 heterocycles. The lowest BCUT2D eigenvalue weighted by Crippen LogP contribution is -2.41. The quantitative estimate of drug-likeness (QED) is 0.801. The van der Waals surface area contributed by atoms with Gasteiger partial charge in [0.15, 0.2) is 0 Å². The lowest BCUT2D eigenvalue weighted by atomic mass is 9.74. The van der Waals surface area contributed by atoms with E-state index in [1.807, 2.05) is 18.2 Å². The van der Waals surface area contributed by atoms with Crippen molar-refractivity contribution in [2.24, 2.45) is 0 Å². The van der Waals surface area contributed by atoms with Gasteiger partial charge in [0.2, 0.25) is 10.0 Å². The number of sulfonamides is 1. The number of esters is 1. The van der Waals surface area contributed by atoms with Crippen molar-refractivity contribution in [2.75, 3.05) is 32.5 Å². The van der Waals surface area contributed by atoms with Crippen molar-refractivity contribution in [3.8, 4) is 0 Å². The minimum absolute atomic E-state index is 0.00981. The molecule has 1 N–H and O–H groups in total. The molecule has 0 radical (unpaired) electrons. The van der Waals surface area contributed by atoms with E-state index in [1.165, 1.54) is 16.1 Å². The number of carbonyl (C=O) groups excluding carboxylic acids is 1. The number of benzene rings is 1. The number of hydrogen-bond acceptors (Lipinski definition) is 5. The predicted molar refractivity (Wildman–Crippen MR) is 95.8 cm³/mol. The molecule has 138 valence electrons. The van der Waals surface area contributed by atoms with Crippen molar-refractivity contribution in [1.29, 1.82) is 0 Å². The lowest BCUT2D eigenvalue weighted by Gasteiger charge is -2.36. The fourth-order valence-electron chi connectivity index (χ4n) is 4.29. The second kappa shape index (κ2) is 7.05. The van der Waals surface area contributed by atoms with Crippen LogP contribution in [0.25, 0.3) is 0 Å². The first-order chi connectivity index (χ1) is 11.9. The molecule has 1 atom stereocenters. The summed E-state index contributed by atoms with van der Waals surface area (Å²) in [5.74, 6) is -0.503. The molecule has 2 aliphatic rings.